The van der Waals surface area contributed by atoms with Crippen LogP contribution in [0.5, 0.6) is 0 Å². The maximum atomic E-state index is 2.32. The van der Waals surface area contributed by atoms with E-state index in [0.717, 1.165) is 0 Å². The molecule has 0 saturated carbocycles. The molecule has 0 heterocycles. The average Bonchev–Trinajstić information content (AvgIpc) is 2.89. The predicted molar refractivity (Wildman–Crippen MR) is 104 cm³/mol. The van der Waals surface area contributed by atoms with Crippen molar-refractivity contribution in [2.24, 2.45) is 0 Å². The fraction of sp³-hybridized carbons (Fsp3) is 0.167. The van der Waals surface area contributed by atoms with Gasteiger partial charge in [0.2, 0.25) is 0 Å². The van der Waals surface area contributed by atoms with Crippen LogP contribution in [0.2, 0.25) is 0 Å². The van der Waals surface area contributed by atoms with E-state index in [0.29, 0.717) is 0 Å². The van der Waals surface area contributed by atoms with Crippen molar-refractivity contribution in [2.45, 2.75) is 26.2 Å². The van der Waals surface area contributed by atoms with Crippen LogP contribution in [-0.4, -0.2) is 0 Å². The van der Waals surface area contributed by atoms with Crippen LogP contribution in [0.1, 0.15) is 43.0 Å². The molecule has 0 heteroatoms. The molecular formula is C24H22. The summed E-state index contributed by atoms with van der Waals surface area (Å²) < 4.78 is 0. The van der Waals surface area contributed by atoms with Crippen molar-refractivity contribution in [1.29, 1.82) is 0 Å². The van der Waals surface area contributed by atoms with Gasteiger partial charge in [-0.1, -0.05) is 93.6 Å². The summed E-state index contributed by atoms with van der Waals surface area (Å²) in [5.41, 5.74) is 9.48. The first-order valence-electron chi connectivity index (χ1n) is 8.55. The smallest absolute Gasteiger partial charge is 0.00930 e. The zero-order chi connectivity index (χ0) is 16.7. The predicted octanol–water partition coefficient (Wildman–Crippen LogP) is 6.55. The lowest BCUT2D eigenvalue weighted by molar-refractivity contribution is 0.590. The largest absolute Gasteiger partial charge is 0.0616 e. The summed E-state index contributed by atoms with van der Waals surface area (Å²) in [7, 11) is 0. The van der Waals surface area contributed by atoms with Gasteiger partial charge in [-0.15, -0.1) is 0 Å². The Labute approximate surface area is 144 Å². The van der Waals surface area contributed by atoms with E-state index in [1.807, 2.05) is 0 Å². The number of hydrogen-bond acceptors (Lipinski definition) is 0. The molecule has 3 aromatic rings. The molecule has 0 fully saturated rings. The summed E-state index contributed by atoms with van der Waals surface area (Å²) in [6.07, 6.45) is 2.32. The molecule has 0 unspecified atom stereocenters. The first-order chi connectivity index (χ1) is 11.5. The van der Waals surface area contributed by atoms with Crippen molar-refractivity contribution in [2.75, 3.05) is 0 Å². The third-order valence-electron chi connectivity index (χ3n) is 4.81. The van der Waals surface area contributed by atoms with Gasteiger partial charge in [0.25, 0.3) is 0 Å². The van der Waals surface area contributed by atoms with Gasteiger partial charge in [-0.25, -0.2) is 0 Å². The van der Waals surface area contributed by atoms with E-state index in [1.54, 1.807) is 0 Å². The highest BCUT2D eigenvalue weighted by atomic mass is 14.2. The maximum Gasteiger partial charge on any atom is -0.00930 e. The Bertz CT molecular complexity index is 871. The Morgan fingerprint density at radius 1 is 0.583 bits per heavy atom. The summed E-state index contributed by atoms with van der Waals surface area (Å²) in [5, 5.41) is 0. The minimum Gasteiger partial charge on any atom is -0.0616 e. The van der Waals surface area contributed by atoms with Crippen LogP contribution in [-0.2, 0) is 5.41 Å². The van der Waals surface area contributed by atoms with Crippen LogP contribution in [0.3, 0.4) is 0 Å². The molecule has 0 N–H and O–H groups in total. The molecule has 0 bridgehead atoms. The van der Waals surface area contributed by atoms with Gasteiger partial charge in [-0.2, -0.15) is 0 Å². The topological polar surface area (TPSA) is 0 Å². The maximum absolute atomic E-state index is 2.32. The Morgan fingerprint density at radius 3 is 1.50 bits per heavy atom. The van der Waals surface area contributed by atoms with Gasteiger partial charge in [0.1, 0.15) is 0 Å². The highest BCUT2D eigenvalue weighted by Gasteiger charge is 2.22. The van der Waals surface area contributed by atoms with E-state index >= 15 is 0 Å². The summed E-state index contributed by atoms with van der Waals surface area (Å²) in [4.78, 5) is 0. The van der Waals surface area contributed by atoms with Crippen molar-refractivity contribution >= 4 is 11.6 Å². The van der Waals surface area contributed by atoms with Crippen molar-refractivity contribution in [3.8, 4) is 11.1 Å². The van der Waals surface area contributed by atoms with Crippen molar-refractivity contribution in [3.63, 3.8) is 0 Å². The Balaban J connectivity index is 1.83. The molecule has 118 valence electrons. The van der Waals surface area contributed by atoms with E-state index in [-0.39, 0.29) is 5.41 Å². The van der Waals surface area contributed by atoms with E-state index in [1.165, 1.54) is 39.0 Å². The lowest BCUT2D eigenvalue weighted by Gasteiger charge is -2.18. The second-order valence-corrected chi connectivity index (χ2v) is 7.52. The van der Waals surface area contributed by atoms with Gasteiger partial charge < -0.3 is 0 Å². The Hall–Kier alpha value is -2.60. The molecular weight excluding hydrogens is 288 g/mol. The number of fused-ring (bicyclic) bond motifs is 3. The molecule has 0 aromatic heterocycles. The van der Waals surface area contributed by atoms with E-state index < -0.39 is 0 Å². The molecule has 0 radical (unpaired) electrons. The molecule has 1 aliphatic rings. The third-order valence-corrected chi connectivity index (χ3v) is 4.81. The third kappa shape index (κ3) is 2.49. The molecule has 0 spiro atoms. The van der Waals surface area contributed by atoms with Gasteiger partial charge in [-0.3, -0.25) is 0 Å². The summed E-state index contributed by atoms with van der Waals surface area (Å²) in [5.74, 6) is 0. The Morgan fingerprint density at radius 2 is 1.04 bits per heavy atom. The van der Waals surface area contributed by atoms with Crippen LogP contribution < -0.4 is 0 Å². The molecule has 0 saturated heterocycles. The molecule has 0 nitrogen and oxygen atoms in total. The molecule has 1 aliphatic carbocycles. The average molecular weight is 310 g/mol. The lowest BCUT2D eigenvalue weighted by atomic mass is 9.86. The Kier molecular flexibility index (Phi) is 3.42. The molecule has 0 amide bonds. The van der Waals surface area contributed by atoms with Gasteiger partial charge in [0.15, 0.2) is 0 Å². The highest BCUT2D eigenvalue weighted by Crippen LogP contribution is 2.44. The van der Waals surface area contributed by atoms with Crippen molar-refractivity contribution < 1.29 is 0 Å². The van der Waals surface area contributed by atoms with Gasteiger partial charge >= 0.3 is 0 Å². The fourth-order valence-corrected chi connectivity index (χ4v) is 3.45. The number of hydrogen-bond donors (Lipinski definition) is 0. The van der Waals surface area contributed by atoms with Crippen LogP contribution >= 0.6 is 0 Å². The fourth-order valence-electron chi connectivity index (χ4n) is 3.45. The minimum absolute atomic E-state index is 0.193. The first kappa shape index (κ1) is 15.0. The molecule has 0 atom stereocenters. The van der Waals surface area contributed by atoms with Gasteiger partial charge in [0.05, 0.1) is 0 Å². The lowest BCUT2D eigenvalue weighted by Crippen LogP contribution is -2.10. The molecule has 0 aliphatic heterocycles. The van der Waals surface area contributed by atoms with E-state index in [9.17, 15) is 0 Å². The zero-order valence-corrected chi connectivity index (χ0v) is 14.5. The standard InChI is InChI=1S/C24H22/c1-24(2,3)18-14-12-17(13-15-18)16-23-21-10-6-4-8-19(21)20-9-5-7-11-22(20)23/h4-16H,1-3H3. The van der Waals surface area contributed by atoms with Crippen LogP contribution in [0.4, 0.5) is 0 Å². The second-order valence-electron chi connectivity index (χ2n) is 7.52. The van der Waals surface area contributed by atoms with Crippen molar-refractivity contribution in [3.05, 3.63) is 95.1 Å². The first-order valence-corrected chi connectivity index (χ1v) is 8.55. The number of benzene rings is 3. The van der Waals surface area contributed by atoms with E-state index in [2.05, 4.69) is 99.6 Å². The van der Waals surface area contributed by atoms with Gasteiger partial charge in [-0.05, 0) is 50.4 Å². The van der Waals surface area contributed by atoms with Crippen molar-refractivity contribution in [1.82, 2.24) is 0 Å². The second kappa shape index (κ2) is 5.49. The normalized spacial score (nSPS) is 12.7. The molecule has 24 heavy (non-hydrogen) atoms. The molecule has 3 aromatic carbocycles. The number of rotatable bonds is 1. The summed E-state index contributed by atoms with van der Waals surface area (Å²) in [6, 6.07) is 26.4. The zero-order valence-electron chi connectivity index (χ0n) is 14.5. The quantitative estimate of drug-likeness (QED) is 0.374. The van der Waals surface area contributed by atoms with E-state index in [4.69, 9.17) is 0 Å². The minimum atomic E-state index is 0.193. The van der Waals surface area contributed by atoms with Gasteiger partial charge in [0, 0.05) is 0 Å². The summed E-state index contributed by atoms with van der Waals surface area (Å²) in [6.45, 7) is 6.76. The van der Waals surface area contributed by atoms with Crippen LogP contribution in [0, 0.1) is 0 Å². The monoisotopic (exact) mass is 310 g/mol. The van der Waals surface area contributed by atoms with Crippen LogP contribution in [0.15, 0.2) is 72.8 Å². The SMILES string of the molecule is CC(C)(C)c1ccc(C=C2c3ccccc3-c3ccccc32)cc1. The summed E-state index contributed by atoms with van der Waals surface area (Å²) >= 11 is 0. The molecule has 4 rings (SSSR count). The van der Waals surface area contributed by atoms with Crippen LogP contribution in [0.25, 0.3) is 22.8 Å². The highest BCUT2D eigenvalue weighted by molar-refractivity contribution is 6.06.